The summed E-state index contributed by atoms with van der Waals surface area (Å²) in [6, 6.07) is 7.35. The Morgan fingerprint density at radius 1 is 1.36 bits per heavy atom. The maximum atomic E-state index is 11.8. The zero-order valence-corrected chi connectivity index (χ0v) is 13.3. The molecule has 0 spiro atoms. The number of carbonyl (C=O) groups excluding carboxylic acids is 1. The van der Waals surface area contributed by atoms with E-state index in [-0.39, 0.29) is 5.91 Å². The van der Waals surface area contributed by atoms with Crippen molar-refractivity contribution >= 4 is 17.5 Å². The zero-order valence-electron chi connectivity index (χ0n) is 12.6. The number of aromatic nitrogens is 1. The lowest BCUT2D eigenvalue weighted by molar-refractivity contribution is -0.120. The molecule has 0 aliphatic carbocycles. The highest BCUT2D eigenvalue weighted by atomic mass is 35.5. The summed E-state index contributed by atoms with van der Waals surface area (Å²) >= 11 is 6.00. The van der Waals surface area contributed by atoms with Crippen LogP contribution in [0.4, 0.5) is 0 Å². The predicted octanol–water partition coefficient (Wildman–Crippen LogP) is 3.05. The van der Waals surface area contributed by atoms with Crippen molar-refractivity contribution in [1.29, 1.82) is 0 Å². The van der Waals surface area contributed by atoms with Crippen LogP contribution in [0.2, 0.25) is 5.02 Å². The number of amides is 1. The minimum Gasteiger partial charge on any atom is -0.361 e. The van der Waals surface area contributed by atoms with E-state index in [4.69, 9.17) is 16.1 Å². The highest BCUT2D eigenvalue weighted by Crippen LogP contribution is 2.14. The van der Waals surface area contributed by atoms with Crippen molar-refractivity contribution in [2.45, 2.75) is 26.7 Å². The van der Waals surface area contributed by atoms with E-state index in [1.165, 1.54) is 0 Å². The Morgan fingerprint density at radius 3 is 2.82 bits per heavy atom. The van der Waals surface area contributed by atoms with E-state index >= 15 is 0 Å². The standard InChI is InChI=1S/C17H17ClN2O2/c1-12-15(13(2)22-20-12)9-10-17(21)19-11-5-7-14-6-3-4-8-16(14)18/h3-4,6,8H,9-11H2,1-2H3,(H,19,21). The van der Waals surface area contributed by atoms with Crippen molar-refractivity contribution in [3.05, 3.63) is 51.9 Å². The van der Waals surface area contributed by atoms with Gasteiger partial charge in [-0.25, -0.2) is 0 Å². The Labute approximate surface area is 134 Å². The normalized spacial score (nSPS) is 9.95. The van der Waals surface area contributed by atoms with Crippen molar-refractivity contribution in [3.8, 4) is 11.8 Å². The van der Waals surface area contributed by atoms with E-state index in [1.54, 1.807) is 6.07 Å². The van der Waals surface area contributed by atoms with Gasteiger partial charge in [-0.2, -0.15) is 0 Å². The third-order valence-electron chi connectivity index (χ3n) is 3.25. The first-order valence-electron chi connectivity index (χ1n) is 6.99. The number of nitrogens with one attached hydrogen (secondary N) is 1. The summed E-state index contributed by atoms with van der Waals surface area (Å²) < 4.78 is 5.07. The number of carbonyl (C=O) groups is 1. The summed E-state index contributed by atoms with van der Waals surface area (Å²) in [7, 11) is 0. The van der Waals surface area contributed by atoms with Gasteiger partial charge in [-0.3, -0.25) is 4.79 Å². The number of hydrogen-bond donors (Lipinski definition) is 1. The second-order valence-corrected chi connectivity index (χ2v) is 5.27. The lowest BCUT2D eigenvalue weighted by Crippen LogP contribution is -2.23. The van der Waals surface area contributed by atoms with Gasteiger partial charge in [0.2, 0.25) is 5.91 Å². The molecule has 1 aromatic heterocycles. The van der Waals surface area contributed by atoms with Crippen LogP contribution in [-0.2, 0) is 11.2 Å². The second kappa shape index (κ2) is 7.67. The summed E-state index contributed by atoms with van der Waals surface area (Å²) in [6.07, 6.45) is 1.00. The molecule has 0 saturated carbocycles. The van der Waals surface area contributed by atoms with Gasteiger partial charge in [-0.05, 0) is 32.4 Å². The molecule has 4 nitrogen and oxygen atoms in total. The maximum Gasteiger partial charge on any atom is 0.221 e. The molecule has 0 aliphatic rings. The first-order valence-corrected chi connectivity index (χ1v) is 7.37. The van der Waals surface area contributed by atoms with Crippen LogP contribution in [0.1, 0.15) is 29.0 Å². The average Bonchev–Trinajstić information content (AvgIpc) is 2.82. The molecule has 1 amide bonds. The van der Waals surface area contributed by atoms with E-state index in [2.05, 4.69) is 22.3 Å². The number of hydrogen-bond acceptors (Lipinski definition) is 3. The fourth-order valence-electron chi connectivity index (χ4n) is 2.03. The first-order chi connectivity index (χ1) is 10.6. The molecule has 0 radical (unpaired) electrons. The predicted molar refractivity (Wildman–Crippen MR) is 85.6 cm³/mol. The van der Waals surface area contributed by atoms with Crippen LogP contribution in [0, 0.1) is 25.7 Å². The van der Waals surface area contributed by atoms with Gasteiger partial charge in [0.05, 0.1) is 17.3 Å². The van der Waals surface area contributed by atoms with Crippen LogP contribution in [0.5, 0.6) is 0 Å². The van der Waals surface area contributed by atoms with Gasteiger partial charge in [0.1, 0.15) is 5.76 Å². The highest BCUT2D eigenvalue weighted by molar-refractivity contribution is 6.31. The van der Waals surface area contributed by atoms with E-state index in [9.17, 15) is 4.79 Å². The fraction of sp³-hybridized carbons (Fsp3) is 0.294. The van der Waals surface area contributed by atoms with Gasteiger partial charge in [-0.15, -0.1) is 0 Å². The topological polar surface area (TPSA) is 55.1 Å². The lowest BCUT2D eigenvalue weighted by atomic mass is 10.1. The molecule has 1 heterocycles. The third-order valence-corrected chi connectivity index (χ3v) is 3.58. The molecule has 114 valence electrons. The Balaban J connectivity index is 1.78. The van der Waals surface area contributed by atoms with Crippen LogP contribution < -0.4 is 5.32 Å². The molecule has 0 bridgehead atoms. The highest BCUT2D eigenvalue weighted by Gasteiger charge is 2.10. The molecule has 0 aliphatic heterocycles. The van der Waals surface area contributed by atoms with Crippen molar-refractivity contribution in [2.75, 3.05) is 6.54 Å². The van der Waals surface area contributed by atoms with E-state index < -0.39 is 0 Å². The van der Waals surface area contributed by atoms with Gasteiger partial charge in [-0.1, -0.05) is 40.7 Å². The molecule has 2 rings (SSSR count). The molecule has 0 fully saturated rings. The van der Waals surface area contributed by atoms with Crippen LogP contribution in [-0.4, -0.2) is 17.6 Å². The van der Waals surface area contributed by atoms with Crippen molar-refractivity contribution in [3.63, 3.8) is 0 Å². The van der Waals surface area contributed by atoms with Crippen molar-refractivity contribution in [1.82, 2.24) is 10.5 Å². The summed E-state index contributed by atoms with van der Waals surface area (Å²) in [5.41, 5.74) is 2.59. The van der Waals surface area contributed by atoms with Crippen LogP contribution in [0.3, 0.4) is 0 Å². The Kier molecular flexibility index (Phi) is 5.62. The number of rotatable bonds is 4. The smallest absolute Gasteiger partial charge is 0.221 e. The molecule has 5 heteroatoms. The van der Waals surface area contributed by atoms with Crippen molar-refractivity contribution < 1.29 is 9.32 Å². The molecular weight excluding hydrogens is 300 g/mol. The van der Waals surface area contributed by atoms with Gasteiger partial charge in [0.25, 0.3) is 0 Å². The third kappa shape index (κ3) is 4.37. The lowest BCUT2D eigenvalue weighted by Gasteiger charge is -2.01. The summed E-state index contributed by atoms with van der Waals surface area (Å²) in [4.78, 5) is 11.8. The minimum absolute atomic E-state index is 0.0477. The van der Waals surface area contributed by atoms with E-state index in [0.717, 1.165) is 22.6 Å². The minimum atomic E-state index is -0.0477. The summed E-state index contributed by atoms with van der Waals surface area (Å²) in [6.45, 7) is 4.02. The SMILES string of the molecule is Cc1noc(C)c1CCC(=O)NCC#Cc1ccccc1Cl. The fourth-order valence-corrected chi connectivity index (χ4v) is 2.21. The quantitative estimate of drug-likeness (QED) is 0.882. The largest absolute Gasteiger partial charge is 0.361 e. The van der Waals surface area contributed by atoms with Gasteiger partial charge < -0.3 is 9.84 Å². The molecule has 0 atom stereocenters. The Hall–Kier alpha value is -2.25. The van der Waals surface area contributed by atoms with Crippen LogP contribution >= 0.6 is 11.6 Å². The zero-order chi connectivity index (χ0) is 15.9. The van der Waals surface area contributed by atoms with Gasteiger partial charge >= 0.3 is 0 Å². The molecule has 0 saturated heterocycles. The molecule has 2 aromatic rings. The molecular formula is C17H17ClN2O2. The molecule has 1 aromatic carbocycles. The number of aryl methyl sites for hydroxylation is 2. The van der Waals surface area contributed by atoms with Crippen LogP contribution in [0.15, 0.2) is 28.8 Å². The van der Waals surface area contributed by atoms with E-state index in [1.807, 2.05) is 32.0 Å². The van der Waals surface area contributed by atoms with Gasteiger partial charge in [0.15, 0.2) is 0 Å². The number of halogens is 1. The van der Waals surface area contributed by atoms with Crippen molar-refractivity contribution in [2.24, 2.45) is 0 Å². The Bertz CT molecular complexity index is 706. The number of nitrogens with zero attached hydrogens (tertiary/aromatic N) is 1. The summed E-state index contributed by atoms with van der Waals surface area (Å²) in [5.74, 6) is 6.55. The monoisotopic (exact) mass is 316 g/mol. The number of benzene rings is 1. The summed E-state index contributed by atoms with van der Waals surface area (Å²) in [5, 5.41) is 7.25. The first kappa shape index (κ1) is 16.1. The second-order valence-electron chi connectivity index (χ2n) is 4.86. The van der Waals surface area contributed by atoms with Crippen LogP contribution in [0.25, 0.3) is 0 Å². The average molecular weight is 317 g/mol. The van der Waals surface area contributed by atoms with Gasteiger partial charge in [0, 0.05) is 17.5 Å². The Morgan fingerprint density at radius 2 is 2.14 bits per heavy atom. The maximum absolute atomic E-state index is 11.8. The molecule has 0 unspecified atom stereocenters. The van der Waals surface area contributed by atoms with E-state index in [0.29, 0.717) is 24.4 Å². The molecule has 1 N–H and O–H groups in total. The molecule has 22 heavy (non-hydrogen) atoms.